The van der Waals surface area contributed by atoms with Crippen LogP contribution in [0.25, 0.3) is 0 Å². The van der Waals surface area contributed by atoms with Gasteiger partial charge in [-0.1, -0.05) is 63.0 Å². The lowest BCUT2D eigenvalue weighted by atomic mass is 9.85. The van der Waals surface area contributed by atoms with Crippen molar-refractivity contribution in [1.29, 1.82) is 15.8 Å². The third kappa shape index (κ3) is 11.2. The molecule has 0 aromatic heterocycles. The fourth-order valence-electron chi connectivity index (χ4n) is 4.41. The zero-order chi connectivity index (χ0) is 24.4. The highest BCUT2D eigenvalue weighted by Gasteiger charge is 2.22. The van der Waals surface area contributed by atoms with E-state index in [2.05, 4.69) is 44.7 Å². The Bertz CT molecular complexity index is 764. The third-order valence-corrected chi connectivity index (χ3v) is 6.46. The van der Waals surface area contributed by atoms with E-state index in [0.29, 0.717) is 19.3 Å². The lowest BCUT2D eigenvalue weighted by Gasteiger charge is -2.16. The van der Waals surface area contributed by atoms with E-state index in [1.165, 1.54) is 31.3 Å². The molecule has 3 heteroatoms. The Labute approximate surface area is 197 Å². The first kappa shape index (κ1) is 29.4. The summed E-state index contributed by atoms with van der Waals surface area (Å²) in [5.74, 6) is 1.20. The van der Waals surface area contributed by atoms with Crippen molar-refractivity contribution in [1.82, 2.24) is 0 Å². The van der Waals surface area contributed by atoms with E-state index in [9.17, 15) is 15.8 Å². The molecule has 1 aliphatic carbocycles. The fourth-order valence-corrected chi connectivity index (χ4v) is 4.41. The van der Waals surface area contributed by atoms with Crippen molar-refractivity contribution in [3.8, 4) is 18.2 Å². The van der Waals surface area contributed by atoms with Crippen LogP contribution in [0.2, 0.25) is 0 Å². The summed E-state index contributed by atoms with van der Waals surface area (Å²) in [5.41, 5.74) is 3.04. The minimum Gasteiger partial charge on any atom is -0.198 e. The van der Waals surface area contributed by atoms with Gasteiger partial charge in [-0.15, -0.1) is 6.58 Å². The van der Waals surface area contributed by atoms with Crippen LogP contribution in [0.15, 0.2) is 47.6 Å². The van der Waals surface area contributed by atoms with Gasteiger partial charge < -0.3 is 0 Å². The van der Waals surface area contributed by atoms with E-state index in [-0.39, 0.29) is 11.8 Å². The molecule has 0 bridgehead atoms. The first-order valence-electron chi connectivity index (χ1n) is 12.2. The van der Waals surface area contributed by atoms with Crippen molar-refractivity contribution < 1.29 is 0 Å². The molecule has 0 spiro atoms. The maximum absolute atomic E-state index is 9.55. The Hall–Kier alpha value is -2.57. The lowest BCUT2D eigenvalue weighted by molar-refractivity contribution is 0.391. The van der Waals surface area contributed by atoms with Gasteiger partial charge in [0.1, 0.15) is 0 Å². The zero-order valence-electron chi connectivity index (χ0n) is 21.0. The monoisotopic (exact) mass is 433 g/mol. The van der Waals surface area contributed by atoms with Gasteiger partial charge in [0.25, 0.3) is 0 Å². The molecule has 0 aromatic rings. The Kier molecular flexibility index (Phi) is 16.6. The standard InChI is InChI=1S/C26H37N3.C3H6/c1-5-23(18-28)26(6-2)25(19-29)16-14-22(17-27)11-7-9-20(3)13-15-24-12-8-10-21(24)4;1-3-2/h6,9,14,21,23-25H,5,7-8,10-13,15-16H2,1-4H3;3H,1H2,2H3/b20-9+,22-14+,26-6+;. The summed E-state index contributed by atoms with van der Waals surface area (Å²) < 4.78 is 0. The SMILES string of the molecule is C/C=C(\C(C#N)CC)C(C#N)C/C=C(/C#N)CC/C=C(\C)CCC1CCCC1C.C=CC. The lowest BCUT2D eigenvalue weighted by Crippen LogP contribution is -2.10. The van der Waals surface area contributed by atoms with E-state index in [1.54, 1.807) is 6.08 Å². The van der Waals surface area contributed by atoms with Gasteiger partial charge in [0, 0.05) is 5.57 Å². The maximum Gasteiger partial charge on any atom is 0.0943 e. The Morgan fingerprint density at radius 3 is 2.19 bits per heavy atom. The number of nitrogens with zero attached hydrogens (tertiary/aromatic N) is 3. The van der Waals surface area contributed by atoms with Crippen LogP contribution in [-0.4, -0.2) is 0 Å². The van der Waals surface area contributed by atoms with E-state index < -0.39 is 0 Å². The molecular formula is C29H43N3. The quantitative estimate of drug-likeness (QED) is 0.242. The van der Waals surface area contributed by atoms with Crippen LogP contribution in [-0.2, 0) is 0 Å². The van der Waals surface area contributed by atoms with Gasteiger partial charge in [-0.2, -0.15) is 15.8 Å². The maximum atomic E-state index is 9.55. The molecule has 0 aromatic carbocycles. The van der Waals surface area contributed by atoms with Gasteiger partial charge >= 0.3 is 0 Å². The topological polar surface area (TPSA) is 71.4 Å². The molecule has 1 saturated carbocycles. The number of hydrogen-bond acceptors (Lipinski definition) is 3. The van der Waals surface area contributed by atoms with Gasteiger partial charge in [-0.05, 0) is 76.7 Å². The van der Waals surface area contributed by atoms with Crippen molar-refractivity contribution >= 4 is 0 Å². The van der Waals surface area contributed by atoms with Crippen LogP contribution >= 0.6 is 0 Å². The number of nitriles is 3. The van der Waals surface area contributed by atoms with Crippen molar-refractivity contribution in [2.24, 2.45) is 23.7 Å². The molecule has 3 nitrogen and oxygen atoms in total. The molecule has 174 valence electrons. The van der Waals surface area contributed by atoms with Crippen LogP contribution in [0.5, 0.6) is 0 Å². The van der Waals surface area contributed by atoms with Crippen LogP contribution in [0, 0.1) is 57.7 Å². The van der Waals surface area contributed by atoms with Crippen LogP contribution in [0.3, 0.4) is 0 Å². The van der Waals surface area contributed by atoms with Crippen LogP contribution in [0.4, 0.5) is 0 Å². The molecule has 32 heavy (non-hydrogen) atoms. The molecule has 1 fully saturated rings. The smallest absolute Gasteiger partial charge is 0.0943 e. The molecule has 0 N–H and O–H groups in total. The first-order valence-corrected chi connectivity index (χ1v) is 12.2. The first-order chi connectivity index (χ1) is 15.4. The number of allylic oxidation sites excluding steroid dienone is 7. The minimum absolute atomic E-state index is 0.225. The average Bonchev–Trinajstić information content (AvgIpc) is 3.21. The average molecular weight is 434 g/mol. The van der Waals surface area contributed by atoms with Crippen molar-refractivity contribution in [3.63, 3.8) is 0 Å². The van der Waals surface area contributed by atoms with Gasteiger partial charge in [-0.3, -0.25) is 0 Å². The largest absolute Gasteiger partial charge is 0.198 e. The Morgan fingerprint density at radius 1 is 1.06 bits per heavy atom. The summed E-state index contributed by atoms with van der Waals surface area (Å²) in [6, 6.07) is 6.90. The summed E-state index contributed by atoms with van der Waals surface area (Å²) in [5, 5.41) is 28.3. The molecule has 0 heterocycles. The molecule has 0 radical (unpaired) electrons. The van der Waals surface area contributed by atoms with Crippen LogP contribution < -0.4 is 0 Å². The summed E-state index contributed by atoms with van der Waals surface area (Å²) in [4.78, 5) is 0. The van der Waals surface area contributed by atoms with E-state index in [1.807, 2.05) is 32.9 Å². The predicted octanol–water partition coefficient (Wildman–Crippen LogP) is 8.60. The highest BCUT2D eigenvalue weighted by molar-refractivity contribution is 5.26. The third-order valence-electron chi connectivity index (χ3n) is 6.46. The van der Waals surface area contributed by atoms with Crippen molar-refractivity contribution in [2.75, 3.05) is 0 Å². The Balaban J connectivity index is 0.00000302. The van der Waals surface area contributed by atoms with Gasteiger partial charge in [0.2, 0.25) is 0 Å². The molecule has 0 saturated heterocycles. The second-order valence-corrected chi connectivity index (χ2v) is 8.84. The summed E-state index contributed by atoms with van der Waals surface area (Å²) in [6.07, 6.45) is 17.2. The number of hydrogen-bond donors (Lipinski definition) is 0. The van der Waals surface area contributed by atoms with E-state index in [4.69, 9.17) is 0 Å². The highest BCUT2D eigenvalue weighted by atomic mass is 14.3. The van der Waals surface area contributed by atoms with E-state index in [0.717, 1.165) is 35.8 Å². The van der Waals surface area contributed by atoms with E-state index >= 15 is 0 Å². The van der Waals surface area contributed by atoms with Crippen molar-refractivity contribution in [2.45, 2.75) is 92.4 Å². The van der Waals surface area contributed by atoms with Gasteiger partial charge in [0.05, 0.1) is 30.0 Å². The molecular weight excluding hydrogens is 390 g/mol. The zero-order valence-corrected chi connectivity index (χ0v) is 21.0. The van der Waals surface area contributed by atoms with Gasteiger partial charge in [-0.25, -0.2) is 0 Å². The molecule has 1 rings (SSSR count). The summed E-state index contributed by atoms with van der Waals surface area (Å²) in [7, 11) is 0. The van der Waals surface area contributed by atoms with Gasteiger partial charge in [0.15, 0.2) is 0 Å². The molecule has 1 aliphatic rings. The second-order valence-electron chi connectivity index (χ2n) is 8.84. The Morgan fingerprint density at radius 2 is 1.72 bits per heavy atom. The van der Waals surface area contributed by atoms with Crippen LogP contribution in [0.1, 0.15) is 92.4 Å². The molecule has 0 aliphatic heterocycles. The molecule has 4 atom stereocenters. The second kappa shape index (κ2) is 18.0. The fraction of sp³-hybridized carbons (Fsp3) is 0.621. The highest BCUT2D eigenvalue weighted by Crippen LogP contribution is 2.35. The summed E-state index contributed by atoms with van der Waals surface area (Å²) in [6.45, 7) is 13.7. The molecule has 0 amide bonds. The number of rotatable bonds is 11. The molecule has 4 unspecified atom stereocenters. The van der Waals surface area contributed by atoms with Crippen molar-refractivity contribution in [3.05, 3.63) is 47.6 Å². The normalized spacial score (nSPS) is 20.8. The predicted molar refractivity (Wildman–Crippen MR) is 135 cm³/mol. The summed E-state index contributed by atoms with van der Waals surface area (Å²) >= 11 is 0. The minimum atomic E-state index is -0.335.